The Hall–Kier alpha value is -1.46. The zero-order valence-corrected chi connectivity index (χ0v) is 8.18. The van der Waals surface area contributed by atoms with Gasteiger partial charge in [-0.3, -0.25) is 4.79 Å². The Balaban J connectivity index is 2.69. The fraction of sp³-hybridized carbons (Fsp3) is 0.750. The molecule has 5 N–H and O–H groups in total. The molecule has 2 unspecified atom stereocenters. The number of likely N-dealkylation sites (tertiary alicyclic amines) is 1. The average molecular weight is 200 g/mol. The predicted molar refractivity (Wildman–Crippen MR) is 51.5 cm³/mol. The molecule has 1 aliphatic rings. The van der Waals surface area contributed by atoms with E-state index in [1.807, 2.05) is 6.92 Å². The molecule has 1 amide bonds. The number of hydrogen-bond donors (Lipinski definition) is 3. The van der Waals surface area contributed by atoms with E-state index >= 15 is 0 Å². The van der Waals surface area contributed by atoms with Gasteiger partial charge in [0.1, 0.15) is 0 Å². The van der Waals surface area contributed by atoms with E-state index in [0.29, 0.717) is 6.54 Å². The van der Waals surface area contributed by atoms with Crippen molar-refractivity contribution in [2.45, 2.75) is 25.8 Å². The van der Waals surface area contributed by atoms with Crippen LogP contribution in [0.15, 0.2) is 5.16 Å². The first-order chi connectivity index (χ1) is 6.56. The van der Waals surface area contributed by atoms with Crippen LogP contribution >= 0.6 is 0 Å². The van der Waals surface area contributed by atoms with Crippen LogP contribution < -0.4 is 11.5 Å². The summed E-state index contributed by atoms with van der Waals surface area (Å²) in [6, 6.07) is 0.182. The Labute approximate surface area is 82.5 Å². The smallest absolute Gasteiger partial charge is 0.233 e. The number of rotatable bonds is 1. The topological polar surface area (TPSA) is 105 Å². The summed E-state index contributed by atoms with van der Waals surface area (Å²) < 4.78 is 0. The third-order valence-corrected chi connectivity index (χ3v) is 2.68. The fourth-order valence-corrected chi connectivity index (χ4v) is 1.72. The van der Waals surface area contributed by atoms with Crippen LogP contribution in [0.25, 0.3) is 0 Å². The van der Waals surface area contributed by atoms with Crippen molar-refractivity contribution >= 4 is 11.9 Å². The number of carbonyl (C=O) groups is 1. The second-order valence-electron chi connectivity index (χ2n) is 3.64. The largest absolute Gasteiger partial charge is 0.408 e. The Kier molecular flexibility index (Phi) is 3.16. The molecule has 1 saturated heterocycles. The molecule has 0 aromatic heterocycles. The van der Waals surface area contributed by atoms with E-state index < -0.39 is 0 Å². The van der Waals surface area contributed by atoms with Gasteiger partial charge in [0, 0.05) is 12.6 Å². The lowest BCUT2D eigenvalue weighted by Gasteiger charge is -2.36. The minimum absolute atomic E-state index is 0.0449. The Bertz CT molecular complexity index is 254. The highest BCUT2D eigenvalue weighted by Crippen LogP contribution is 2.21. The van der Waals surface area contributed by atoms with Gasteiger partial charge in [-0.1, -0.05) is 5.16 Å². The number of piperidine rings is 1. The summed E-state index contributed by atoms with van der Waals surface area (Å²) in [4.78, 5) is 12.7. The molecule has 1 heterocycles. The number of guanidine groups is 1. The highest BCUT2D eigenvalue weighted by Gasteiger charge is 2.29. The second kappa shape index (κ2) is 4.17. The zero-order valence-electron chi connectivity index (χ0n) is 8.18. The third kappa shape index (κ3) is 2.07. The molecule has 2 atom stereocenters. The maximum Gasteiger partial charge on any atom is 0.233 e. The van der Waals surface area contributed by atoms with Crippen LogP contribution in [-0.2, 0) is 4.79 Å². The maximum absolute atomic E-state index is 11.0. The van der Waals surface area contributed by atoms with Gasteiger partial charge in [0.2, 0.25) is 11.9 Å². The Morgan fingerprint density at radius 3 is 2.64 bits per heavy atom. The first-order valence-electron chi connectivity index (χ1n) is 4.59. The van der Waals surface area contributed by atoms with Crippen LogP contribution in [0, 0.1) is 5.92 Å². The molecule has 1 aliphatic heterocycles. The van der Waals surface area contributed by atoms with Crippen molar-refractivity contribution in [2.75, 3.05) is 6.54 Å². The molecule has 0 spiro atoms. The summed E-state index contributed by atoms with van der Waals surface area (Å²) in [5.41, 5.74) is 10.7. The molecule has 1 fully saturated rings. The SMILES string of the molecule is CC1CCC(C(N)=O)CN1C(N)=NO. The van der Waals surface area contributed by atoms with Gasteiger partial charge in [0.15, 0.2) is 0 Å². The number of primary amides is 1. The van der Waals surface area contributed by atoms with Crippen LogP contribution in [0.4, 0.5) is 0 Å². The summed E-state index contributed by atoms with van der Waals surface area (Å²) in [6.45, 7) is 2.40. The van der Waals surface area contributed by atoms with E-state index in [4.69, 9.17) is 16.7 Å². The minimum atomic E-state index is -0.326. The van der Waals surface area contributed by atoms with Gasteiger partial charge in [0.05, 0.1) is 5.92 Å². The number of nitrogens with two attached hydrogens (primary N) is 2. The molecule has 0 bridgehead atoms. The molecule has 6 heteroatoms. The zero-order chi connectivity index (χ0) is 10.7. The number of hydrogen-bond acceptors (Lipinski definition) is 3. The number of nitrogens with zero attached hydrogens (tertiary/aromatic N) is 2. The predicted octanol–water partition coefficient (Wildman–Crippen LogP) is -0.724. The molecule has 0 aliphatic carbocycles. The van der Waals surface area contributed by atoms with Gasteiger partial charge in [0.25, 0.3) is 0 Å². The average Bonchev–Trinajstić information content (AvgIpc) is 2.17. The Morgan fingerprint density at radius 1 is 1.50 bits per heavy atom. The van der Waals surface area contributed by atoms with Crippen LogP contribution in [-0.4, -0.2) is 34.6 Å². The van der Waals surface area contributed by atoms with E-state index in [1.165, 1.54) is 0 Å². The summed E-state index contributed by atoms with van der Waals surface area (Å²) in [5, 5.41) is 11.5. The summed E-state index contributed by atoms with van der Waals surface area (Å²) in [7, 11) is 0. The molecule has 0 aromatic rings. The number of oxime groups is 1. The first kappa shape index (κ1) is 10.6. The van der Waals surface area contributed by atoms with Gasteiger partial charge < -0.3 is 21.6 Å². The van der Waals surface area contributed by atoms with Gasteiger partial charge in [-0.25, -0.2) is 0 Å². The van der Waals surface area contributed by atoms with Crippen molar-refractivity contribution in [3.05, 3.63) is 0 Å². The number of carbonyl (C=O) groups excluding carboxylic acids is 1. The molecular weight excluding hydrogens is 184 g/mol. The molecule has 0 aromatic carbocycles. The van der Waals surface area contributed by atoms with Crippen molar-refractivity contribution in [3.8, 4) is 0 Å². The molecule has 80 valence electrons. The van der Waals surface area contributed by atoms with E-state index in [0.717, 1.165) is 12.8 Å². The minimum Gasteiger partial charge on any atom is -0.408 e. The van der Waals surface area contributed by atoms with Gasteiger partial charge in [-0.05, 0) is 19.8 Å². The molecule has 1 rings (SSSR count). The molecule has 6 nitrogen and oxygen atoms in total. The molecule has 0 radical (unpaired) electrons. The van der Waals surface area contributed by atoms with E-state index in [1.54, 1.807) is 4.90 Å². The van der Waals surface area contributed by atoms with Crippen LogP contribution in [0.5, 0.6) is 0 Å². The number of amides is 1. The monoisotopic (exact) mass is 200 g/mol. The highest BCUT2D eigenvalue weighted by molar-refractivity contribution is 5.81. The normalized spacial score (nSPS) is 28.9. The fourth-order valence-electron chi connectivity index (χ4n) is 1.72. The quantitative estimate of drug-likeness (QED) is 0.225. The Morgan fingerprint density at radius 2 is 2.14 bits per heavy atom. The third-order valence-electron chi connectivity index (χ3n) is 2.68. The van der Waals surface area contributed by atoms with Gasteiger partial charge in [-0.2, -0.15) is 0 Å². The van der Waals surface area contributed by atoms with Crippen molar-refractivity contribution in [2.24, 2.45) is 22.5 Å². The van der Waals surface area contributed by atoms with E-state index in [-0.39, 0.29) is 23.8 Å². The maximum atomic E-state index is 11.0. The highest BCUT2D eigenvalue weighted by atomic mass is 16.4. The molecule has 0 saturated carbocycles. The first-order valence-corrected chi connectivity index (χ1v) is 4.59. The molecular formula is C8H16N4O2. The second-order valence-corrected chi connectivity index (χ2v) is 3.64. The summed E-state index contributed by atoms with van der Waals surface area (Å²) in [6.07, 6.45) is 1.59. The van der Waals surface area contributed by atoms with Crippen molar-refractivity contribution < 1.29 is 10.0 Å². The lowest BCUT2D eigenvalue weighted by atomic mass is 9.93. The summed E-state index contributed by atoms with van der Waals surface area (Å²) in [5.74, 6) is -0.484. The molecule has 14 heavy (non-hydrogen) atoms. The van der Waals surface area contributed by atoms with Gasteiger partial charge >= 0.3 is 0 Å². The summed E-state index contributed by atoms with van der Waals surface area (Å²) >= 11 is 0. The van der Waals surface area contributed by atoms with E-state index in [9.17, 15) is 4.79 Å². The van der Waals surface area contributed by atoms with Crippen LogP contribution in [0.3, 0.4) is 0 Å². The lowest BCUT2D eigenvalue weighted by molar-refractivity contribution is -0.123. The van der Waals surface area contributed by atoms with Gasteiger partial charge in [-0.15, -0.1) is 0 Å². The van der Waals surface area contributed by atoms with Crippen LogP contribution in [0.1, 0.15) is 19.8 Å². The standard InChI is InChI=1S/C8H16N4O2/c1-5-2-3-6(7(9)13)4-12(5)8(10)11-14/h5-6,14H,2-4H2,1H3,(H2,9,13)(H2,10,11). The van der Waals surface area contributed by atoms with Crippen LogP contribution in [0.2, 0.25) is 0 Å². The van der Waals surface area contributed by atoms with Crippen molar-refractivity contribution in [1.82, 2.24) is 4.90 Å². The van der Waals surface area contributed by atoms with Crippen molar-refractivity contribution in [1.29, 1.82) is 0 Å². The lowest BCUT2D eigenvalue weighted by Crippen LogP contribution is -2.51. The van der Waals surface area contributed by atoms with Crippen molar-refractivity contribution in [3.63, 3.8) is 0 Å². The van der Waals surface area contributed by atoms with E-state index in [2.05, 4.69) is 5.16 Å².